The predicted octanol–water partition coefficient (Wildman–Crippen LogP) is 4.65. The van der Waals surface area contributed by atoms with E-state index in [9.17, 15) is 0 Å². The van der Waals surface area contributed by atoms with Gasteiger partial charge in [0, 0.05) is 12.6 Å². The summed E-state index contributed by atoms with van der Waals surface area (Å²) in [4.78, 5) is 0. The summed E-state index contributed by atoms with van der Waals surface area (Å²) in [6, 6.07) is 10.7. The zero-order valence-electron chi connectivity index (χ0n) is 13.6. The van der Waals surface area contributed by atoms with Crippen LogP contribution in [0.25, 0.3) is 0 Å². The Balaban J connectivity index is 2.31. The summed E-state index contributed by atoms with van der Waals surface area (Å²) < 4.78 is 5.78. The number of hydrogen-bond acceptors (Lipinski definition) is 2. The van der Waals surface area contributed by atoms with E-state index in [0.717, 1.165) is 25.3 Å². The number of hydrogen-bond donors (Lipinski definition) is 1. The molecule has 2 nitrogen and oxygen atoms in total. The zero-order chi connectivity index (χ0) is 14.8. The Hall–Kier alpha value is -1.02. The molecule has 20 heavy (non-hydrogen) atoms. The lowest BCUT2D eigenvalue weighted by Crippen LogP contribution is -2.36. The average Bonchev–Trinajstić information content (AvgIpc) is 2.43. The summed E-state index contributed by atoms with van der Waals surface area (Å²) in [7, 11) is 0. The standard InChI is InChI=1S/C18H31NO/c1-5-12-18(4,15-19-16(2)3)13-9-14-20-17-10-7-6-8-11-17/h6-8,10-11,16,19H,5,9,12-15H2,1-4H3. The van der Waals surface area contributed by atoms with Crippen molar-refractivity contribution in [2.24, 2.45) is 5.41 Å². The van der Waals surface area contributed by atoms with Crippen molar-refractivity contribution < 1.29 is 4.74 Å². The van der Waals surface area contributed by atoms with E-state index >= 15 is 0 Å². The lowest BCUT2D eigenvalue weighted by Gasteiger charge is -2.31. The lowest BCUT2D eigenvalue weighted by atomic mass is 9.81. The molecule has 1 unspecified atom stereocenters. The van der Waals surface area contributed by atoms with Gasteiger partial charge in [-0.2, -0.15) is 0 Å². The third kappa shape index (κ3) is 6.95. The van der Waals surface area contributed by atoms with Crippen molar-refractivity contribution in [1.82, 2.24) is 5.32 Å². The van der Waals surface area contributed by atoms with Crippen molar-refractivity contribution in [2.75, 3.05) is 13.2 Å². The first-order chi connectivity index (χ1) is 9.56. The third-order valence-electron chi connectivity index (χ3n) is 3.73. The Morgan fingerprint density at radius 2 is 1.85 bits per heavy atom. The zero-order valence-corrected chi connectivity index (χ0v) is 13.6. The second kappa shape index (κ2) is 9.02. The Morgan fingerprint density at radius 1 is 1.15 bits per heavy atom. The van der Waals surface area contributed by atoms with Crippen LogP contribution in [0.1, 0.15) is 53.4 Å². The van der Waals surface area contributed by atoms with Crippen LogP contribution >= 0.6 is 0 Å². The number of benzene rings is 1. The molecule has 0 aliphatic rings. The summed E-state index contributed by atoms with van der Waals surface area (Å²) in [5.41, 5.74) is 0.388. The van der Waals surface area contributed by atoms with E-state index in [1.165, 1.54) is 19.3 Å². The van der Waals surface area contributed by atoms with E-state index in [4.69, 9.17) is 4.74 Å². The number of para-hydroxylation sites is 1. The van der Waals surface area contributed by atoms with Crippen LogP contribution < -0.4 is 10.1 Å². The minimum atomic E-state index is 0.388. The van der Waals surface area contributed by atoms with E-state index < -0.39 is 0 Å². The molecule has 0 bridgehead atoms. The summed E-state index contributed by atoms with van der Waals surface area (Å²) in [5.74, 6) is 0.977. The minimum Gasteiger partial charge on any atom is -0.494 e. The van der Waals surface area contributed by atoms with Gasteiger partial charge in [-0.1, -0.05) is 52.3 Å². The molecule has 0 saturated heterocycles. The second-order valence-electron chi connectivity index (χ2n) is 6.36. The van der Waals surface area contributed by atoms with Gasteiger partial charge < -0.3 is 10.1 Å². The number of rotatable bonds is 10. The monoisotopic (exact) mass is 277 g/mol. The first-order valence-corrected chi connectivity index (χ1v) is 7.97. The maximum absolute atomic E-state index is 5.78. The molecule has 1 aromatic carbocycles. The normalized spacial score (nSPS) is 14.2. The van der Waals surface area contributed by atoms with Crippen molar-refractivity contribution >= 4 is 0 Å². The first-order valence-electron chi connectivity index (χ1n) is 7.97. The highest BCUT2D eigenvalue weighted by atomic mass is 16.5. The van der Waals surface area contributed by atoms with Gasteiger partial charge in [-0.15, -0.1) is 0 Å². The molecule has 0 aromatic heterocycles. The molecule has 0 saturated carbocycles. The van der Waals surface area contributed by atoms with Crippen molar-refractivity contribution in [2.45, 2.75) is 59.4 Å². The van der Waals surface area contributed by atoms with Crippen LogP contribution in [0.15, 0.2) is 30.3 Å². The molecule has 1 rings (SSSR count). The molecule has 0 spiro atoms. The Morgan fingerprint density at radius 3 is 2.45 bits per heavy atom. The van der Waals surface area contributed by atoms with Gasteiger partial charge >= 0.3 is 0 Å². The van der Waals surface area contributed by atoms with Gasteiger partial charge in [0.2, 0.25) is 0 Å². The van der Waals surface area contributed by atoms with Crippen molar-refractivity contribution in [3.8, 4) is 5.75 Å². The molecule has 0 radical (unpaired) electrons. The molecule has 0 amide bonds. The first kappa shape index (κ1) is 17.0. The molecular weight excluding hydrogens is 246 g/mol. The molecule has 0 aliphatic carbocycles. The molecule has 1 atom stereocenters. The van der Waals surface area contributed by atoms with Gasteiger partial charge in [0.05, 0.1) is 6.61 Å². The predicted molar refractivity (Wildman–Crippen MR) is 87.3 cm³/mol. The molecule has 0 fully saturated rings. The average molecular weight is 277 g/mol. The van der Waals surface area contributed by atoms with E-state index in [0.29, 0.717) is 11.5 Å². The van der Waals surface area contributed by atoms with Crippen LogP contribution in [0.2, 0.25) is 0 Å². The topological polar surface area (TPSA) is 21.3 Å². The Labute approximate surface area is 124 Å². The summed E-state index contributed by atoms with van der Waals surface area (Å²) in [6.07, 6.45) is 4.85. The fraction of sp³-hybridized carbons (Fsp3) is 0.667. The number of nitrogens with one attached hydrogen (secondary N) is 1. The minimum absolute atomic E-state index is 0.388. The quantitative estimate of drug-likeness (QED) is 0.629. The largest absolute Gasteiger partial charge is 0.494 e. The lowest BCUT2D eigenvalue weighted by molar-refractivity contribution is 0.214. The van der Waals surface area contributed by atoms with Gasteiger partial charge in [-0.25, -0.2) is 0 Å². The highest BCUT2D eigenvalue weighted by molar-refractivity contribution is 5.20. The third-order valence-corrected chi connectivity index (χ3v) is 3.73. The molecular formula is C18H31NO. The van der Waals surface area contributed by atoms with Crippen molar-refractivity contribution in [3.05, 3.63) is 30.3 Å². The number of ether oxygens (including phenoxy) is 1. The van der Waals surface area contributed by atoms with Crippen LogP contribution in [0.4, 0.5) is 0 Å². The van der Waals surface area contributed by atoms with Gasteiger partial charge in [0.25, 0.3) is 0 Å². The Bertz CT molecular complexity index is 350. The maximum atomic E-state index is 5.78. The highest BCUT2D eigenvalue weighted by Crippen LogP contribution is 2.28. The molecule has 1 N–H and O–H groups in total. The van der Waals surface area contributed by atoms with Gasteiger partial charge in [-0.05, 0) is 36.8 Å². The van der Waals surface area contributed by atoms with E-state index in [-0.39, 0.29) is 0 Å². The SMILES string of the molecule is CCCC(C)(CCCOc1ccccc1)CNC(C)C. The van der Waals surface area contributed by atoms with Crippen LogP contribution in [0.5, 0.6) is 5.75 Å². The van der Waals surface area contributed by atoms with Crippen LogP contribution in [0.3, 0.4) is 0 Å². The molecule has 1 aromatic rings. The van der Waals surface area contributed by atoms with E-state index in [2.05, 4.69) is 33.0 Å². The van der Waals surface area contributed by atoms with Crippen molar-refractivity contribution in [3.63, 3.8) is 0 Å². The van der Waals surface area contributed by atoms with Crippen molar-refractivity contribution in [1.29, 1.82) is 0 Å². The van der Waals surface area contributed by atoms with Crippen LogP contribution in [0, 0.1) is 5.41 Å². The molecule has 0 heterocycles. The summed E-state index contributed by atoms with van der Waals surface area (Å²) >= 11 is 0. The summed E-state index contributed by atoms with van der Waals surface area (Å²) in [5, 5.41) is 3.59. The van der Waals surface area contributed by atoms with E-state index in [1.54, 1.807) is 0 Å². The second-order valence-corrected chi connectivity index (χ2v) is 6.36. The van der Waals surface area contributed by atoms with Gasteiger partial charge in [-0.3, -0.25) is 0 Å². The fourth-order valence-electron chi connectivity index (χ4n) is 2.56. The Kier molecular flexibility index (Phi) is 7.68. The highest BCUT2D eigenvalue weighted by Gasteiger charge is 2.22. The molecule has 2 heteroatoms. The molecule has 0 aliphatic heterocycles. The van der Waals surface area contributed by atoms with E-state index in [1.807, 2.05) is 30.3 Å². The van der Waals surface area contributed by atoms with Crippen LogP contribution in [-0.4, -0.2) is 19.2 Å². The smallest absolute Gasteiger partial charge is 0.119 e. The summed E-state index contributed by atoms with van der Waals surface area (Å²) in [6.45, 7) is 11.0. The molecule has 114 valence electrons. The van der Waals surface area contributed by atoms with Gasteiger partial charge in [0.15, 0.2) is 0 Å². The van der Waals surface area contributed by atoms with Crippen LogP contribution in [-0.2, 0) is 0 Å². The fourth-order valence-corrected chi connectivity index (χ4v) is 2.56. The van der Waals surface area contributed by atoms with Gasteiger partial charge in [0.1, 0.15) is 5.75 Å². The maximum Gasteiger partial charge on any atom is 0.119 e.